The van der Waals surface area contributed by atoms with Crippen molar-refractivity contribution in [1.82, 2.24) is 19.9 Å². The van der Waals surface area contributed by atoms with Crippen LogP contribution in [0.15, 0.2) is 24.5 Å². The fourth-order valence-corrected chi connectivity index (χ4v) is 2.74. The lowest BCUT2D eigenvalue weighted by molar-refractivity contribution is 0.188. The summed E-state index contributed by atoms with van der Waals surface area (Å²) in [5.41, 5.74) is 1.22. The molecular weight excluding hydrogens is 238 g/mol. The molecule has 3 rings (SSSR count). The van der Waals surface area contributed by atoms with Crippen LogP contribution in [-0.4, -0.2) is 33.7 Å². The van der Waals surface area contributed by atoms with E-state index in [9.17, 15) is 0 Å². The summed E-state index contributed by atoms with van der Waals surface area (Å²) in [5.74, 6) is 0.913. The maximum absolute atomic E-state index is 4.53. The maximum atomic E-state index is 4.53. The maximum Gasteiger partial charge on any atom is 0.157 e. The molecule has 0 aliphatic carbocycles. The lowest BCUT2D eigenvalue weighted by atomic mass is 9.77. The van der Waals surface area contributed by atoms with E-state index in [4.69, 9.17) is 0 Å². The van der Waals surface area contributed by atoms with Crippen LogP contribution in [0.4, 0.5) is 5.82 Å². The molecule has 1 aliphatic rings. The minimum absolute atomic E-state index is 0.339. The van der Waals surface area contributed by atoms with Gasteiger partial charge in [-0.2, -0.15) is 5.10 Å². The minimum Gasteiger partial charge on any atom is -0.368 e. The minimum atomic E-state index is 0.339. The molecule has 19 heavy (non-hydrogen) atoms. The summed E-state index contributed by atoms with van der Waals surface area (Å²) in [6.07, 6.45) is 6.24. The van der Waals surface area contributed by atoms with E-state index >= 15 is 0 Å². The van der Waals surface area contributed by atoms with Crippen molar-refractivity contribution >= 4 is 11.5 Å². The largest absolute Gasteiger partial charge is 0.368 e. The summed E-state index contributed by atoms with van der Waals surface area (Å²) in [6.45, 7) is 6.69. The Bertz CT molecular complexity index is 560. The number of hydrogen-bond acceptors (Lipinski definition) is 4. The zero-order chi connectivity index (χ0) is 13.3. The van der Waals surface area contributed by atoms with Gasteiger partial charge in [0.05, 0.1) is 6.20 Å². The Morgan fingerprint density at radius 3 is 3.21 bits per heavy atom. The monoisotopic (exact) mass is 259 g/mol. The van der Waals surface area contributed by atoms with Crippen molar-refractivity contribution in [2.24, 2.45) is 5.41 Å². The quantitative estimate of drug-likeness (QED) is 0.884. The van der Waals surface area contributed by atoms with E-state index < -0.39 is 0 Å². The Morgan fingerprint density at radius 1 is 1.47 bits per heavy atom. The van der Waals surface area contributed by atoms with Gasteiger partial charge in [-0.25, -0.2) is 9.50 Å². The number of anilines is 1. The van der Waals surface area contributed by atoms with Crippen LogP contribution >= 0.6 is 0 Å². The van der Waals surface area contributed by atoms with Crippen molar-refractivity contribution in [3.05, 3.63) is 24.5 Å². The van der Waals surface area contributed by atoms with Crippen molar-refractivity contribution in [2.45, 2.75) is 32.7 Å². The van der Waals surface area contributed by atoms with Crippen LogP contribution in [0.3, 0.4) is 0 Å². The first-order chi connectivity index (χ1) is 9.15. The first kappa shape index (κ1) is 12.4. The van der Waals surface area contributed by atoms with Gasteiger partial charge in [0.15, 0.2) is 5.65 Å². The lowest BCUT2D eigenvalue weighted by Crippen LogP contribution is -2.50. The normalized spacial score (nSPS) is 22.5. The SMILES string of the molecule is CC1(C)CCCNC1CNc1ccn2nccc2n1. The van der Waals surface area contributed by atoms with Gasteiger partial charge in [0.1, 0.15) is 5.82 Å². The Labute approximate surface area is 113 Å². The highest BCUT2D eigenvalue weighted by Crippen LogP contribution is 2.30. The summed E-state index contributed by atoms with van der Waals surface area (Å²) in [4.78, 5) is 4.53. The molecule has 1 saturated heterocycles. The van der Waals surface area contributed by atoms with Crippen molar-refractivity contribution in [2.75, 3.05) is 18.4 Å². The molecule has 0 amide bonds. The van der Waals surface area contributed by atoms with E-state index in [-0.39, 0.29) is 0 Å². The molecule has 0 saturated carbocycles. The molecule has 3 heterocycles. The number of fused-ring (bicyclic) bond motifs is 1. The number of nitrogens with one attached hydrogen (secondary N) is 2. The van der Waals surface area contributed by atoms with Gasteiger partial charge >= 0.3 is 0 Å². The molecule has 1 fully saturated rings. The van der Waals surface area contributed by atoms with E-state index in [1.807, 2.05) is 18.3 Å². The zero-order valence-electron chi connectivity index (χ0n) is 11.6. The predicted molar refractivity (Wildman–Crippen MR) is 76.3 cm³/mol. The highest BCUT2D eigenvalue weighted by Gasteiger charge is 2.31. The van der Waals surface area contributed by atoms with Crippen LogP contribution < -0.4 is 10.6 Å². The van der Waals surface area contributed by atoms with E-state index in [0.29, 0.717) is 11.5 Å². The van der Waals surface area contributed by atoms with Crippen LogP contribution in [0.2, 0.25) is 0 Å². The number of aromatic nitrogens is 3. The number of piperidine rings is 1. The Morgan fingerprint density at radius 2 is 2.37 bits per heavy atom. The second-order valence-electron chi connectivity index (χ2n) is 5.93. The van der Waals surface area contributed by atoms with Gasteiger partial charge in [-0.1, -0.05) is 13.8 Å². The van der Waals surface area contributed by atoms with Crippen LogP contribution in [0.1, 0.15) is 26.7 Å². The first-order valence-electron chi connectivity index (χ1n) is 6.93. The van der Waals surface area contributed by atoms with E-state index in [2.05, 4.69) is 34.6 Å². The number of nitrogens with zero attached hydrogens (tertiary/aromatic N) is 3. The molecule has 0 radical (unpaired) electrons. The number of hydrogen-bond donors (Lipinski definition) is 2. The van der Waals surface area contributed by atoms with Gasteiger partial charge in [0, 0.05) is 24.8 Å². The van der Waals surface area contributed by atoms with Gasteiger partial charge in [-0.15, -0.1) is 0 Å². The fraction of sp³-hybridized carbons (Fsp3) is 0.571. The van der Waals surface area contributed by atoms with E-state index in [1.54, 1.807) is 10.7 Å². The Kier molecular flexibility index (Phi) is 3.14. The van der Waals surface area contributed by atoms with E-state index in [1.165, 1.54) is 12.8 Å². The highest BCUT2D eigenvalue weighted by atomic mass is 15.2. The number of rotatable bonds is 3. The smallest absolute Gasteiger partial charge is 0.157 e. The summed E-state index contributed by atoms with van der Waals surface area (Å²) >= 11 is 0. The summed E-state index contributed by atoms with van der Waals surface area (Å²) in [7, 11) is 0. The van der Waals surface area contributed by atoms with Gasteiger partial charge in [0.25, 0.3) is 0 Å². The van der Waals surface area contributed by atoms with Crippen LogP contribution in [0, 0.1) is 5.41 Å². The van der Waals surface area contributed by atoms with Gasteiger partial charge < -0.3 is 10.6 Å². The average Bonchev–Trinajstić information content (AvgIpc) is 2.84. The van der Waals surface area contributed by atoms with Crippen LogP contribution in [-0.2, 0) is 0 Å². The molecule has 2 aromatic rings. The van der Waals surface area contributed by atoms with Gasteiger partial charge in [-0.3, -0.25) is 0 Å². The molecule has 2 N–H and O–H groups in total. The highest BCUT2D eigenvalue weighted by molar-refractivity contribution is 5.45. The topological polar surface area (TPSA) is 54.2 Å². The summed E-state index contributed by atoms with van der Waals surface area (Å²) in [5, 5.41) is 11.2. The predicted octanol–water partition coefficient (Wildman–Crippen LogP) is 1.92. The molecule has 1 unspecified atom stereocenters. The Balaban J connectivity index is 1.67. The Hall–Kier alpha value is -1.62. The van der Waals surface area contributed by atoms with Crippen molar-refractivity contribution in [3.63, 3.8) is 0 Å². The molecule has 1 atom stereocenters. The fourth-order valence-electron chi connectivity index (χ4n) is 2.74. The molecule has 1 aliphatic heterocycles. The van der Waals surface area contributed by atoms with Crippen LogP contribution in [0.5, 0.6) is 0 Å². The summed E-state index contributed by atoms with van der Waals surface area (Å²) in [6, 6.07) is 4.37. The second kappa shape index (κ2) is 4.81. The molecular formula is C14H21N5. The third kappa shape index (κ3) is 2.56. The van der Waals surface area contributed by atoms with Crippen LogP contribution in [0.25, 0.3) is 5.65 Å². The summed E-state index contributed by atoms with van der Waals surface area (Å²) < 4.78 is 1.77. The third-order valence-corrected chi connectivity index (χ3v) is 4.08. The van der Waals surface area contributed by atoms with E-state index in [0.717, 1.165) is 24.6 Å². The molecule has 0 spiro atoms. The van der Waals surface area contributed by atoms with Gasteiger partial charge in [0.2, 0.25) is 0 Å². The van der Waals surface area contributed by atoms with Crippen molar-refractivity contribution < 1.29 is 0 Å². The third-order valence-electron chi connectivity index (χ3n) is 4.08. The molecule has 0 aromatic carbocycles. The molecule has 0 bridgehead atoms. The standard InChI is InChI=1S/C14H21N5/c1-14(2)6-3-7-15-11(14)10-16-12-5-9-19-13(18-12)4-8-17-19/h4-5,8-9,11,15H,3,6-7,10H2,1-2H3,(H,16,18). The van der Waals surface area contributed by atoms with Crippen molar-refractivity contribution in [3.8, 4) is 0 Å². The van der Waals surface area contributed by atoms with Gasteiger partial charge in [-0.05, 0) is 30.9 Å². The second-order valence-corrected chi connectivity index (χ2v) is 5.93. The molecule has 5 heteroatoms. The molecule has 5 nitrogen and oxygen atoms in total. The molecule has 102 valence electrons. The first-order valence-corrected chi connectivity index (χ1v) is 6.93. The van der Waals surface area contributed by atoms with Crippen molar-refractivity contribution in [1.29, 1.82) is 0 Å². The lowest BCUT2D eigenvalue weighted by Gasteiger charge is -2.39. The zero-order valence-corrected chi connectivity index (χ0v) is 11.6. The average molecular weight is 259 g/mol. The molecule has 2 aromatic heterocycles.